The first-order valence-corrected chi connectivity index (χ1v) is 6.01. The summed E-state index contributed by atoms with van der Waals surface area (Å²) in [5, 5.41) is 0. The summed E-state index contributed by atoms with van der Waals surface area (Å²) in [5.41, 5.74) is 8.18. The van der Waals surface area contributed by atoms with Gasteiger partial charge >= 0.3 is 6.18 Å². The molecule has 2 N–H and O–H groups in total. The number of nitrogen functional groups attached to an aromatic ring is 1. The Hall–Kier alpha value is -1.23. The van der Waals surface area contributed by atoms with Crippen LogP contribution in [0.5, 0.6) is 0 Å². The lowest BCUT2D eigenvalue weighted by Crippen LogP contribution is -2.35. The molecule has 2 rings (SSSR count). The van der Waals surface area contributed by atoms with E-state index in [1.807, 2.05) is 19.1 Å². The third kappa shape index (κ3) is 3.63. The van der Waals surface area contributed by atoms with Crippen LogP contribution in [0, 0.1) is 6.92 Å². The van der Waals surface area contributed by atoms with Gasteiger partial charge in [0, 0.05) is 18.3 Å². The summed E-state index contributed by atoms with van der Waals surface area (Å²) in [4.78, 5) is 1.48. The Balaban J connectivity index is 2.11. The Morgan fingerprint density at radius 3 is 2.56 bits per heavy atom. The summed E-state index contributed by atoms with van der Waals surface area (Å²) in [6.07, 6.45) is -2.45. The lowest BCUT2D eigenvalue weighted by Gasteiger charge is -2.24. The van der Waals surface area contributed by atoms with Gasteiger partial charge in [-0.1, -0.05) is 17.7 Å². The first kappa shape index (κ1) is 13.2. The molecule has 1 aromatic rings. The number of halogens is 3. The molecule has 0 spiro atoms. The van der Waals surface area contributed by atoms with E-state index < -0.39 is 12.7 Å². The number of anilines is 1. The molecule has 0 saturated heterocycles. The maximum absolute atomic E-state index is 12.5. The smallest absolute Gasteiger partial charge is 0.398 e. The number of benzene rings is 1. The van der Waals surface area contributed by atoms with E-state index in [-0.39, 0.29) is 12.6 Å². The number of hydrogen-bond acceptors (Lipinski definition) is 2. The van der Waals surface area contributed by atoms with Crippen LogP contribution < -0.4 is 5.73 Å². The predicted octanol–water partition coefficient (Wildman–Crippen LogP) is 3.10. The number of nitrogens with two attached hydrogens (primary N) is 1. The molecule has 0 bridgehead atoms. The van der Waals surface area contributed by atoms with Crippen molar-refractivity contribution in [1.82, 2.24) is 4.90 Å². The van der Waals surface area contributed by atoms with E-state index in [0.717, 1.165) is 24.0 Å². The molecule has 0 amide bonds. The van der Waals surface area contributed by atoms with Gasteiger partial charge in [-0.25, -0.2) is 0 Å². The Labute approximate surface area is 105 Å². The van der Waals surface area contributed by atoms with Crippen molar-refractivity contribution in [2.24, 2.45) is 0 Å². The monoisotopic (exact) mass is 258 g/mol. The van der Waals surface area contributed by atoms with Gasteiger partial charge in [0.25, 0.3) is 0 Å². The summed E-state index contributed by atoms with van der Waals surface area (Å²) < 4.78 is 37.5. The molecule has 1 aliphatic carbocycles. The van der Waals surface area contributed by atoms with Gasteiger partial charge in [-0.15, -0.1) is 0 Å². The summed E-state index contributed by atoms with van der Waals surface area (Å²) in [6.45, 7) is 1.33. The van der Waals surface area contributed by atoms with Crippen LogP contribution in [0.2, 0.25) is 0 Å². The van der Waals surface area contributed by atoms with Crippen molar-refractivity contribution in [2.45, 2.75) is 38.5 Å². The molecule has 1 aliphatic rings. The van der Waals surface area contributed by atoms with Crippen LogP contribution in [-0.2, 0) is 6.54 Å². The topological polar surface area (TPSA) is 29.3 Å². The minimum Gasteiger partial charge on any atom is -0.398 e. The molecule has 1 aromatic carbocycles. The average molecular weight is 258 g/mol. The molecule has 100 valence electrons. The Kier molecular flexibility index (Phi) is 3.52. The van der Waals surface area contributed by atoms with Gasteiger partial charge in [-0.3, -0.25) is 4.90 Å². The fourth-order valence-electron chi connectivity index (χ4n) is 2.07. The van der Waals surface area contributed by atoms with Gasteiger partial charge in [0.05, 0.1) is 6.54 Å². The van der Waals surface area contributed by atoms with Crippen molar-refractivity contribution >= 4 is 5.69 Å². The molecule has 0 atom stereocenters. The lowest BCUT2D eigenvalue weighted by atomic mass is 10.1. The van der Waals surface area contributed by atoms with Crippen molar-refractivity contribution in [3.8, 4) is 0 Å². The molecular weight excluding hydrogens is 241 g/mol. The number of nitrogens with zero attached hydrogens (tertiary/aromatic N) is 1. The molecule has 0 radical (unpaired) electrons. The van der Waals surface area contributed by atoms with Gasteiger partial charge in [0.1, 0.15) is 0 Å². The summed E-state index contributed by atoms with van der Waals surface area (Å²) >= 11 is 0. The van der Waals surface area contributed by atoms with E-state index in [9.17, 15) is 13.2 Å². The fraction of sp³-hybridized carbons (Fsp3) is 0.538. The number of aryl methyl sites for hydroxylation is 1. The SMILES string of the molecule is Cc1ccc(N)c(CN(CC(F)(F)F)C2CC2)c1. The Morgan fingerprint density at radius 2 is 2.00 bits per heavy atom. The first-order chi connectivity index (χ1) is 8.35. The zero-order valence-corrected chi connectivity index (χ0v) is 10.3. The van der Waals surface area contributed by atoms with Crippen LogP contribution >= 0.6 is 0 Å². The van der Waals surface area contributed by atoms with Gasteiger partial charge < -0.3 is 5.73 Å². The van der Waals surface area contributed by atoms with E-state index in [0.29, 0.717) is 5.69 Å². The molecule has 2 nitrogen and oxygen atoms in total. The second-order valence-electron chi connectivity index (χ2n) is 4.95. The molecule has 5 heteroatoms. The third-order valence-corrected chi connectivity index (χ3v) is 3.12. The standard InChI is InChI=1S/C13H17F3N2/c1-9-2-5-12(17)10(6-9)7-18(11-3-4-11)8-13(14,15)16/h2,5-6,11H,3-4,7-8,17H2,1H3. The van der Waals surface area contributed by atoms with E-state index in [1.165, 1.54) is 4.90 Å². The Bertz CT molecular complexity index is 425. The van der Waals surface area contributed by atoms with Gasteiger partial charge in [-0.2, -0.15) is 13.2 Å². The van der Waals surface area contributed by atoms with Gasteiger partial charge in [-0.05, 0) is 31.4 Å². The zero-order chi connectivity index (χ0) is 13.3. The minimum absolute atomic E-state index is 0.0616. The second kappa shape index (κ2) is 4.80. The predicted molar refractivity (Wildman–Crippen MR) is 65.1 cm³/mol. The van der Waals surface area contributed by atoms with Gasteiger partial charge in [0.2, 0.25) is 0 Å². The molecule has 18 heavy (non-hydrogen) atoms. The highest BCUT2D eigenvalue weighted by molar-refractivity contribution is 5.48. The number of rotatable bonds is 4. The second-order valence-corrected chi connectivity index (χ2v) is 4.95. The highest BCUT2D eigenvalue weighted by atomic mass is 19.4. The average Bonchev–Trinajstić information content (AvgIpc) is 3.04. The normalized spacial score (nSPS) is 16.3. The van der Waals surface area contributed by atoms with E-state index >= 15 is 0 Å². The highest BCUT2D eigenvalue weighted by Gasteiger charge is 2.38. The maximum Gasteiger partial charge on any atom is 0.401 e. The molecule has 0 aliphatic heterocycles. The number of alkyl halides is 3. The summed E-state index contributed by atoms with van der Waals surface area (Å²) in [7, 11) is 0. The van der Waals surface area contributed by atoms with Crippen LogP contribution in [0.1, 0.15) is 24.0 Å². The van der Waals surface area contributed by atoms with Crippen molar-refractivity contribution in [3.05, 3.63) is 29.3 Å². The first-order valence-electron chi connectivity index (χ1n) is 6.01. The van der Waals surface area contributed by atoms with E-state index in [1.54, 1.807) is 6.07 Å². The molecule has 1 saturated carbocycles. The Morgan fingerprint density at radius 1 is 1.33 bits per heavy atom. The maximum atomic E-state index is 12.5. The van der Waals surface area contributed by atoms with E-state index in [2.05, 4.69) is 0 Å². The van der Waals surface area contributed by atoms with Crippen LogP contribution in [0.4, 0.5) is 18.9 Å². The van der Waals surface area contributed by atoms with Crippen molar-refractivity contribution in [1.29, 1.82) is 0 Å². The molecule has 0 unspecified atom stereocenters. The van der Waals surface area contributed by atoms with Crippen LogP contribution in [-0.4, -0.2) is 23.7 Å². The molecule has 0 aromatic heterocycles. The van der Waals surface area contributed by atoms with Crippen molar-refractivity contribution in [2.75, 3.05) is 12.3 Å². The fourth-order valence-corrected chi connectivity index (χ4v) is 2.07. The van der Waals surface area contributed by atoms with Crippen LogP contribution in [0.3, 0.4) is 0 Å². The summed E-state index contributed by atoms with van der Waals surface area (Å²) in [5.74, 6) is 0. The quantitative estimate of drug-likeness (QED) is 0.841. The molecule has 0 heterocycles. The van der Waals surface area contributed by atoms with E-state index in [4.69, 9.17) is 5.73 Å². The number of hydrogen-bond donors (Lipinski definition) is 1. The van der Waals surface area contributed by atoms with Crippen molar-refractivity contribution < 1.29 is 13.2 Å². The van der Waals surface area contributed by atoms with Crippen LogP contribution in [0.25, 0.3) is 0 Å². The highest BCUT2D eigenvalue weighted by Crippen LogP contribution is 2.32. The molecular formula is C13H17F3N2. The van der Waals surface area contributed by atoms with Crippen molar-refractivity contribution in [3.63, 3.8) is 0 Å². The van der Waals surface area contributed by atoms with Gasteiger partial charge in [0.15, 0.2) is 0 Å². The van der Waals surface area contributed by atoms with Crippen LogP contribution in [0.15, 0.2) is 18.2 Å². The minimum atomic E-state index is -4.15. The molecule has 1 fully saturated rings. The largest absolute Gasteiger partial charge is 0.401 e. The summed E-state index contributed by atoms with van der Waals surface area (Å²) in [6, 6.07) is 5.54. The zero-order valence-electron chi connectivity index (χ0n) is 10.3. The lowest BCUT2D eigenvalue weighted by molar-refractivity contribution is -0.148. The third-order valence-electron chi connectivity index (χ3n) is 3.12.